The van der Waals surface area contributed by atoms with Crippen molar-refractivity contribution in [1.82, 2.24) is 0 Å². The van der Waals surface area contributed by atoms with E-state index >= 15 is 0 Å². The maximum atomic E-state index is 10.7. The second kappa shape index (κ2) is 5.38. The van der Waals surface area contributed by atoms with E-state index in [1.165, 1.54) is 0 Å². The number of halogens is 1. The van der Waals surface area contributed by atoms with Crippen LogP contribution in [-0.2, 0) is 0 Å². The summed E-state index contributed by atoms with van der Waals surface area (Å²) in [6.07, 6.45) is 0. The lowest BCUT2D eigenvalue weighted by Crippen LogP contribution is -1.94. The summed E-state index contributed by atoms with van der Waals surface area (Å²) >= 11 is 5.01. The Morgan fingerprint density at radius 2 is 1.76 bits per heavy atom. The Kier molecular flexibility index (Phi) is 3.86. The largest absolute Gasteiger partial charge is 0.478 e. The van der Waals surface area contributed by atoms with Gasteiger partial charge in [-0.05, 0) is 42.5 Å². The smallest absolute Gasteiger partial charge is 0.335 e. The van der Waals surface area contributed by atoms with E-state index in [9.17, 15) is 4.79 Å². The van der Waals surface area contributed by atoms with Gasteiger partial charge >= 0.3 is 5.97 Å². The molecule has 17 heavy (non-hydrogen) atoms. The van der Waals surface area contributed by atoms with E-state index in [1.807, 2.05) is 36.4 Å². The van der Waals surface area contributed by atoms with E-state index in [2.05, 4.69) is 15.9 Å². The van der Waals surface area contributed by atoms with Crippen LogP contribution >= 0.6 is 27.7 Å². The molecule has 0 heterocycles. The average Bonchev–Trinajstić information content (AvgIpc) is 2.29. The Bertz CT molecular complexity index is 537. The molecule has 0 aliphatic rings. The molecule has 0 atom stereocenters. The lowest BCUT2D eigenvalue weighted by Gasteiger charge is -2.02. The molecule has 2 rings (SSSR count). The standard InChI is InChI=1S/C13H9BrO2S/c14-10-2-1-3-12(8-10)17-11-6-4-9(5-7-11)13(15)16/h1-8H,(H,15,16). The highest BCUT2D eigenvalue weighted by Crippen LogP contribution is 2.29. The molecular formula is C13H9BrO2S. The Balaban J connectivity index is 2.16. The van der Waals surface area contributed by atoms with Crippen molar-refractivity contribution < 1.29 is 9.90 Å². The quantitative estimate of drug-likeness (QED) is 0.918. The molecule has 0 saturated heterocycles. The van der Waals surface area contributed by atoms with Gasteiger partial charge in [0.2, 0.25) is 0 Å². The minimum atomic E-state index is -0.899. The first-order valence-corrected chi connectivity index (χ1v) is 6.53. The molecule has 2 aromatic carbocycles. The molecule has 0 aromatic heterocycles. The number of carboxylic acids is 1. The fourth-order valence-corrected chi connectivity index (χ4v) is 2.76. The van der Waals surface area contributed by atoms with E-state index in [4.69, 9.17) is 5.11 Å². The SMILES string of the molecule is O=C(O)c1ccc(Sc2cccc(Br)c2)cc1. The maximum Gasteiger partial charge on any atom is 0.335 e. The molecule has 0 aliphatic heterocycles. The lowest BCUT2D eigenvalue weighted by molar-refractivity contribution is 0.0697. The zero-order chi connectivity index (χ0) is 12.3. The molecule has 0 saturated carbocycles. The van der Waals surface area contributed by atoms with E-state index < -0.39 is 5.97 Å². The monoisotopic (exact) mass is 308 g/mol. The van der Waals surface area contributed by atoms with Gasteiger partial charge in [-0.2, -0.15) is 0 Å². The first-order valence-electron chi connectivity index (χ1n) is 4.92. The van der Waals surface area contributed by atoms with Crippen LogP contribution in [0, 0.1) is 0 Å². The van der Waals surface area contributed by atoms with Crippen LogP contribution < -0.4 is 0 Å². The summed E-state index contributed by atoms with van der Waals surface area (Å²) in [6.45, 7) is 0. The minimum Gasteiger partial charge on any atom is -0.478 e. The fourth-order valence-electron chi connectivity index (χ4n) is 1.33. The zero-order valence-corrected chi connectivity index (χ0v) is 11.2. The number of hydrogen-bond donors (Lipinski definition) is 1. The molecule has 86 valence electrons. The van der Waals surface area contributed by atoms with Crippen molar-refractivity contribution in [1.29, 1.82) is 0 Å². The molecule has 2 aromatic rings. The third-order valence-corrected chi connectivity index (χ3v) is 3.62. The Hall–Kier alpha value is -1.26. The summed E-state index contributed by atoms with van der Waals surface area (Å²) in [6, 6.07) is 14.8. The van der Waals surface area contributed by atoms with Crippen LogP contribution in [0.5, 0.6) is 0 Å². The second-order valence-corrected chi connectivity index (χ2v) is 5.45. The van der Waals surface area contributed by atoms with Crippen molar-refractivity contribution >= 4 is 33.7 Å². The van der Waals surface area contributed by atoms with Crippen LogP contribution in [0.15, 0.2) is 62.8 Å². The molecule has 0 aliphatic carbocycles. The van der Waals surface area contributed by atoms with Crippen molar-refractivity contribution in [3.8, 4) is 0 Å². The summed E-state index contributed by atoms with van der Waals surface area (Å²) in [5.41, 5.74) is 0.309. The number of benzene rings is 2. The zero-order valence-electron chi connectivity index (χ0n) is 8.76. The number of carbonyl (C=O) groups is 1. The van der Waals surface area contributed by atoms with E-state index in [1.54, 1.807) is 23.9 Å². The molecule has 0 radical (unpaired) electrons. The molecule has 0 spiro atoms. The Morgan fingerprint density at radius 3 is 2.35 bits per heavy atom. The summed E-state index contributed by atoms with van der Waals surface area (Å²) in [7, 11) is 0. The molecule has 0 bridgehead atoms. The van der Waals surface area contributed by atoms with Crippen LogP contribution in [0.3, 0.4) is 0 Å². The summed E-state index contributed by atoms with van der Waals surface area (Å²) < 4.78 is 1.03. The molecule has 4 heteroatoms. The summed E-state index contributed by atoms with van der Waals surface area (Å²) in [5.74, 6) is -0.899. The van der Waals surface area contributed by atoms with Gasteiger partial charge in [0, 0.05) is 14.3 Å². The van der Waals surface area contributed by atoms with Gasteiger partial charge in [0.25, 0.3) is 0 Å². The molecule has 0 amide bonds. The van der Waals surface area contributed by atoms with Gasteiger partial charge < -0.3 is 5.11 Å². The van der Waals surface area contributed by atoms with Gasteiger partial charge in [-0.3, -0.25) is 0 Å². The Morgan fingerprint density at radius 1 is 1.06 bits per heavy atom. The highest BCUT2D eigenvalue weighted by Gasteiger charge is 2.02. The second-order valence-electron chi connectivity index (χ2n) is 3.39. The third-order valence-electron chi connectivity index (χ3n) is 2.13. The number of carboxylic acid groups (broad SMARTS) is 1. The first kappa shape index (κ1) is 12.2. The van der Waals surface area contributed by atoms with Crippen molar-refractivity contribution in [2.75, 3.05) is 0 Å². The Labute approximate surface area is 112 Å². The molecule has 1 N–H and O–H groups in total. The van der Waals surface area contributed by atoms with Gasteiger partial charge in [-0.25, -0.2) is 4.79 Å². The highest BCUT2D eigenvalue weighted by atomic mass is 79.9. The molecule has 2 nitrogen and oxygen atoms in total. The first-order chi connectivity index (χ1) is 8.15. The van der Waals surface area contributed by atoms with Gasteiger partial charge in [0.15, 0.2) is 0 Å². The van der Waals surface area contributed by atoms with Crippen LogP contribution in [0.1, 0.15) is 10.4 Å². The van der Waals surface area contributed by atoms with E-state index in [0.29, 0.717) is 5.56 Å². The number of hydrogen-bond acceptors (Lipinski definition) is 2. The predicted octanol–water partition coefficient (Wildman–Crippen LogP) is 4.30. The lowest BCUT2D eigenvalue weighted by atomic mass is 10.2. The van der Waals surface area contributed by atoms with E-state index in [-0.39, 0.29) is 0 Å². The molecular weight excluding hydrogens is 300 g/mol. The van der Waals surface area contributed by atoms with Crippen molar-refractivity contribution in [3.05, 3.63) is 58.6 Å². The van der Waals surface area contributed by atoms with Crippen LogP contribution in [0.2, 0.25) is 0 Å². The minimum absolute atomic E-state index is 0.309. The van der Waals surface area contributed by atoms with Gasteiger partial charge in [0.1, 0.15) is 0 Å². The fraction of sp³-hybridized carbons (Fsp3) is 0. The molecule has 0 unspecified atom stereocenters. The van der Waals surface area contributed by atoms with Gasteiger partial charge in [0.05, 0.1) is 5.56 Å². The number of rotatable bonds is 3. The maximum absolute atomic E-state index is 10.7. The van der Waals surface area contributed by atoms with Crippen molar-refractivity contribution in [2.45, 2.75) is 9.79 Å². The van der Waals surface area contributed by atoms with Crippen LogP contribution in [-0.4, -0.2) is 11.1 Å². The normalized spacial score (nSPS) is 10.2. The number of aromatic carboxylic acids is 1. The highest BCUT2D eigenvalue weighted by molar-refractivity contribution is 9.10. The summed E-state index contributed by atoms with van der Waals surface area (Å²) in [4.78, 5) is 12.8. The summed E-state index contributed by atoms with van der Waals surface area (Å²) in [5, 5.41) is 8.79. The van der Waals surface area contributed by atoms with Gasteiger partial charge in [-0.15, -0.1) is 0 Å². The van der Waals surface area contributed by atoms with Crippen LogP contribution in [0.4, 0.5) is 0 Å². The average molecular weight is 309 g/mol. The topological polar surface area (TPSA) is 37.3 Å². The van der Waals surface area contributed by atoms with E-state index in [0.717, 1.165) is 14.3 Å². The van der Waals surface area contributed by atoms with Crippen LogP contribution in [0.25, 0.3) is 0 Å². The molecule has 0 fully saturated rings. The third kappa shape index (κ3) is 3.35. The van der Waals surface area contributed by atoms with Crippen molar-refractivity contribution in [3.63, 3.8) is 0 Å². The van der Waals surface area contributed by atoms with Gasteiger partial charge in [-0.1, -0.05) is 33.8 Å². The van der Waals surface area contributed by atoms with Crippen molar-refractivity contribution in [2.24, 2.45) is 0 Å². The predicted molar refractivity (Wildman–Crippen MR) is 71.7 cm³/mol.